The molecular weight excluding hydrogens is 396 g/mol. The first-order valence-corrected chi connectivity index (χ1v) is 10.5. The number of para-hydroxylation sites is 1. The van der Waals surface area contributed by atoms with E-state index in [4.69, 9.17) is 9.26 Å². The molecule has 152 valence electrons. The summed E-state index contributed by atoms with van der Waals surface area (Å²) >= 11 is 0. The zero-order valence-electron chi connectivity index (χ0n) is 15.9. The van der Waals surface area contributed by atoms with Gasteiger partial charge in [0.25, 0.3) is 0 Å². The van der Waals surface area contributed by atoms with Gasteiger partial charge in [-0.25, -0.2) is 8.42 Å². The lowest BCUT2D eigenvalue weighted by Crippen LogP contribution is -2.40. The Morgan fingerprint density at radius 2 is 1.93 bits per heavy atom. The average molecular weight is 416 g/mol. The molecule has 0 aliphatic heterocycles. The summed E-state index contributed by atoms with van der Waals surface area (Å²) in [6, 6.07) is 15.6. The molecule has 1 aromatic heterocycles. The smallest absolute Gasteiger partial charge is 0.246 e. The number of benzene rings is 2. The third kappa shape index (κ3) is 5.32. The Kier molecular flexibility index (Phi) is 6.13. The number of carbonyl (C=O) groups excluding carboxylic acids is 1. The summed E-state index contributed by atoms with van der Waals surface area (Å²) in [6.45, 7) is -0.387. The second-order valence-electron chi connectivity index (χ2n) is 6.13. The monoisotopic (exact) mass is 416 g/mol. The zero-order valence-corrected chi connectivity index (χ0v) is 16.7. The van der Waals surface area contributed by atoms with Crippen LogP contribution in [0.25, 0.3) is 11.4 Å². The van der Waals surface area contributed by atoms with Crippen LogP contribution in [0.3, 0.4) is 0 Å². The predicted molar refractivity (Wildman–Crippen MR) is 107 cm³/mol. The maximum atomic E-state index is 12.3. The fourth-order valence-corrected chi connectivity index (χ4v) is 3.42. The van der Waals surface area contributed by atoms with Crippen LogP contribution in [0.1, 0.15) is 5.89 Å². The van der Waals surface area contributed by atoms with Gasteiger partial charge in [-0.1, -0.05) is 35.5 Å². The molecule has 0 unspecified atom stereocenters. The molecule has 1 N–H and O–H groups in total. The number of nitrogens with one attached hydrogen (secondary N) is 1. The van der Waals surface area contributed by atoms with E-state index in [9.17, 15) is 13.2 Å². The highest BCUT2D eigenvalue weighted by molar-refractivity contribution is 7.92. The standard InChI is InChI=1S/C19H20N4O5S/c1-27-16-10-6-7-14(11-16)19-21-18(28-22-19)12-20-17(24)13-23(29(2,25)26)15-8-4-3-5-9-15/h3-11H,12-13H2,1-2H3,(H,20,24). The number of amides is 1. The molecule has 3 aromatic rings. The molecule has 0 atom stereocenters. The minimum Gasteiger partial charge on any atom is -0.497 e. The first kappa shape index (κ1) is 20.3. The fourth-order valence-electron chi connectivity index (χ4n) is 2.56. The summed E-state index contributed by atoms with van der Waals surface area (Å²) < 4.78 is 35.4. The van der Waals surface area contributed by atoms with E-state index in [1.54, 1.807) is 61.7 Å². The van der Waals surface area contributed by atoms with Crippen LogP contribution >= 0.6 is 0 Å². The molecule has 0 bridgehead atoms. The Labute approximate surface area is 168 Å². The first-order chi connectivity index (χ1) is 13.9. The van der Waals surface area contributed by atoms with Crippen molar-refractivity contribution in [2.24, 2.45) is 0 Å². The van der Waals surface area contributed by atoms with Crippen molar-refractivity contribution in [2.75, 3.05) is 24.2 Å². The zero-order chi connectivity index (χ0) is 20.9. The van der Waals surface area contributed by atoms with Gasteiger partial charge in [0.1, 0.15) is 12.3 Å². The molecule has 0 saturated carbocycles. The van der Waals surface area contributed by atoms with Crippen molar-refractivity contribution < 1.29 is 22.5 Å². The molecule has 0 fully saturated rings. The van der Waals surface area contributed by atoms with Crippen molar-refractivity contribution >= 4 is 21.6 Å². The number of rotatable bonds is 8. The first-order valence-electron chi connectivity index (χ1n) is 8.63. The summed E-state index contributed by atoms with van der Waals surface area (Å²) in [5.41, 5.74) is 1.11. The number of methoxy groups -OCH3 is 1. The van der Waals surface area contributed by atoms with E-state index in [0.29, 0.717) is 22.8 Å². The predicted octanol–water partition coefficient (Wildman–Crippen LogP) is 1.83. The maximum absolute atomic E-state index is 12.3. The Bertz CT molecular complexity index is 1080. The maximum Gasteiger partial charge on any atom is 0.246 e. The second kappa shape index (κ2) is 8.74. The summed E-state index contributed by atoms with van der Waals surface area (Å²) in [5, 5.41) is 6.48. The molecule has 29 heavy (non-hydrogen) atoms. The van der Waals surface area contributed by atoms with Crippen LogP contribution in [-0.4, -0.2) is 44.4 Å². The number of ether oxygens (including phenoxy) is 1. The normalized spacial score (nSPS) is 11.1. The van der Waals surface area contributed by atoms with Crippen molar-refractivity contribution in [3.8, 4) is 17.1 Å². The fraction of sp³-hybridized carbons (Fsp3) is 0.211. The summed E-state index contributed by atoms with van der Waals surface area (Å²) in [6.07, 6.45) is 1.05. The molecule has 9 nitrogen and oxygen atoms in total. The van der Waals surface area contributed by atoms with Gasteiger partial charge in [-0.2, -0.15) is 4.98 Å². The molecule has 1 amide bonds. The second-order valence-corrected chi connectivity index (χ2v) is 8.03. The average Bonchev–Trinajstić information content (AvgIpc) is 3.19. The number of nitrogens with zero attached hydrogens (tertiary/aromatic N) is 3. The van der Waals surface area contributed by atoms with E-state index < -0.39 is 15.9 Å². The summed E-state index contributed by atoms with van der Waals surface area (Å²) in [7, 11) is -2.06. The van der Waals surface area contributed by atoms with Crippen LogP contribution in [-0.2, 0) is 21.4 Å². The van der Waals surface area contributed by atoms with Gasteiger partial charge in [0.2, 0.25) is 27.6 Å². The summed E-state index contributed by atoms with van der Waals surface area (Å²) in [4.78, 5) is 16.5. The number of hydrogen-bond acceptors (Lipinski definition) is 7. The molecule has 3 rings (SSSR count). The SMILES string of the molecule is COc1cccc(-c2noc(CNC(=O)CN(c3ccccc3)S(C)(=O)=O)n2)c1. The van der Waals surface area contributed by atoms with Gasteiger partial charge in [0, 0.05) is 5.56 Å². The highest BCUT2D eigenvalue weighted by Crippen LogP contribution is 2.21. The molecule has 0 aliphatic rings. The number of sulfonamides is 1. The van der Waals surface area contributed by atoms with Gasteiger partial charge in [0.15, 0.2) is 0 Å². The Morgan fingerprint density at radius 1 is 1.17 bits per heavy atom. The number of carbonyl (C=O) groups is 1. The van der Waals surface area contributed by atoms with E-state index in [1.807, 2.05) is 0 Å². The van der Waals surface area contributed by atoms with Gasteiger partial charge in [-0.3, -0.25) is 9.10 Å². The lowest BCUT2D eigenvalue weighted by Gasteiger charge is -2.21. The third-order valence-corrected chi connectivity index (χ3v) is 5.11. The molecule has 10 heteroatoms. The van der Waals surface area contributed by atoms with Crippen molar-refractivity contribution in [2.45, 2.75) is 6.54 Å². The molecule has 0 aliphatic carbocycles. The van der Waals surface area contributed by atoms with Crippen LogP contribution in [0.2, 0.25) is 0 Å². The Balaban J connectivity index is 1.64. The molecular formula is C19H20N4O5S. The van der Waals surface area contributed by atoms with Crippen LogP contribution < -0.4 is 14.4 Å². The van der Waals surface area contributed by atoms with Gasteiger partial charge < -0.3 is 14.6 Å². The van der Waals surface area contributed by atoms with Crippen molar-refractivity contribution in [3.05, 3.63) is 60.5 Å². The molecule has 0 saturated heterocycles. The summed E-state index contributed by atoms with van der Waals surface area (Å²) in [5.74, 6) is 0.710. The van der Waals surface area contributed by atoms with Crippen LogP contribution in [0.15, 0.2) is 59.1 Å². The molecule has 1 heterocycles. The molecule has 0 radical (unpaired) electrons. The minimum absolute atomic E-state index is 0.0256. The highest BCUT2D eigenvalue weighted by Gasteiger charge is 2.21. The van der Waals surface area contributed by atoms with E-state index in [2.05, 4.69) is 15.5 Å². The van der Waals surface area contributed by atoms with Crippen LogP contribution in [0.4, 0.5) is 5.69 Å². The van der Waals surface area contributed by atoms with Gasteiger partial charge in [-0.05, 0) is 24.3 Å². The van der Waals surface area contributed by atoms with E-state index >= 15 is 0 Å². The van der Waals surface area contributed by atoms with Crippen LogP contribution in [0.5, 0.6) is 5.75 Å². The largest absolute Gasteiger partial charge is 0.497 e. The number of hydrogen-bond donors (Lipinski definition) is 1. The third-order valence-electron chi connectivity index (χ3n) is 3.96. The van der Waals surface area contributed by atoms with Crippen molar-refractivity contribution in [1.82, 2.24) is 15.5 Å². The van der Waals surface area contributed by atoms with Gasteiger partial charge >= 0.3 is 0 Å². The lowest BCUT2D eigenvalue weighted by atomic mass is 10.2. The Hall–Kier alpha value is -3.40. The van der Waals surface area contributed by atoms with E-state index in [1.165, 1.54) is 0 Å². The number of aromatic nitrogens is 2. The van der Waals surface area contributed by atoms with Gasteiger partial charge in [-0.15, -0.1) is 0 Å². The topological polar surface area (TPSA) is 115 Å². The highest BCUT2D eigenvalue weighted by atomic mass is 32.2. The van der Waals surface area contributed by atoms with Crippen molar-refractivity contribution in [3.63, 3.8) is 0 Å². The van der Waals surface area contributed by atoms with E-state index in [-0.39, 0.29) is 19.0 Å². The quantitative estimate of drug-likeness (QED) is 0.596. The van der Waals surface area contributed by atoms with Gasteiger partial charge in [0.05, 0.1) is 25.6 Å². The van der Waals surface area contributed by atoms with E-state index in [0.717, 1.165) is 10.6 Å². The lowest BCUT2D eigenvalue weighted by molar-refractivity contribution is -0.119. The molecule has 2 aromatic carbocycles. The van der Waals surface area contributed by atoms with Crippen molar-refractivity contribution in [1.29, 1.82) is 0 Å². The molecule has 0 spiro atoms. The minimum atomic E-state index is -3.63. The van der Waals surface area contributed by atoms with Crippen LogP contribution in [0, 0.1) is 0 Å². The number of anilines is 1. The Morgan fingerprint density at radius 3 is 2.62 bits per heavy atom.